The maximum atomic E-state index is 5.58. The average Bonchev–Trinajstić information content (AvgIpc) is 3.21. The fraction of sp³-hybridized carbons (Fsp3) is 0.576. The van der Waals surface area contributed by atoms with Gasteiger partial charge in [0.1, 0.15) is 0 Å². The third-order valence-electron chi connectivity index (χ3n) is 7.28. The van der Waals surface area contributed by atoms with Crippen LogP contribution in [0.25, 0.3) is 5.70 Å². The highest BCUT2D eigenvalue weighted by Crippen LogP contribution is 2.32. The number of hydrogen-bond donors (Lipinski definition) is 2. The van der Waals surface area contributed by atoms with Gasteiger partial charge in [0.25, 0.3) is 0 Å². The van der Waals surface area contributed by atoms with E-state index in [0.29, 0.717) is 5.92 Å². The van der Waals surface area contributed by atoms with Gasteiger partial charge in [-0.05, 0) is 68.7 Å². The second-order valence-corrected chi connectivity index (χ2v) is 11.8. The molecule has 1 aliphatic heterocycles. The number of allylic oxidation sites excluding steroid dienone is 2. The van der Waals surface area contributed by atoms with Gasteiger partial charge in [-0.25, -0.2) is 0 Å². The van der Waals surface area contributed by atoms with Gasteiger partial charge in [0.15, 0.2) is 0 Å². The lowest BCUT2D eigenvalue weighted by Gasteiger charge is -2.24. The number of thioether (sulfide) groups is 1. The van der Waals surface area contributed by atoms with Crippen LogP contribution in [-0.2, 0) is 0 Å². The molecule has 1 unspecified atom stereocenters. The molecule has 1 saturated heterocycles. The van der Waals surface area contributed by atoms with E-state index in [9.17, 15) is 0 Å². The molecule has 0 radical (unpaired) electrons. The Bertz CT molecular complexity index is 843. The van der Waals surface area contributed by atoms with Crippen molar-refractivity contribution in [2.45, 2.75) is 95.3 Å². The lowest BCUT2D eigenvalue weighted by molar-refractivity contribution is 0.450. The average molecular weight is 524 g/mol. The number of nitrogens with zero attached hydrogens (tertiary/aromatic N) is 1. The standard InChI is InChI=1S/C33H53N3S/c1-6-7-8-12-16-31(23-27(2)25-36-28(3)19-20-29(36)4)26-37-33-18-15-17-32(24-33)30(5)35-22-14-11-9-10-13-21-34/h15,17-18,24,31,35H,2-14,16,19-23,25-26,34H2,1H3. The fourth-order valence-electron chi connectivity index (χ4n) is 4.93. The second kappa shape index (κ2) is 18.4. The van der Waals surface area contributed by atoms with Crippen molar-refractivity contribution in [1.82, 2.24) is 10.2 Å². The van der Waals surface area contributed by atoms with Crippen molar-refractivity contribution >= 4 is 17.5 Å². The van der Waals surface area contributed by atoms with Crippen molar-refractivity contribution in [3.05, 3.63) is 73.1 Å². The molecule has 1 aromatic rings. The fourth-order valence-corrected chi connectivity index (χ4v) is 6.03. The van der Waals surface area contributed by atoms with E-state index in [2.05, 4.69) is 67.7 Å². The third-order valence-corrected chi connectivity index (χ3v) is 8.50. The highest BCUT2D eigenvalue weighted by Gasteiger charge is 2.21. The van der Waals surface area contributed by atoms with E-state index in [1.165, 1.54) is 85.2 Å². The Morgan fingerprint density at radius 2 is 1.70 bits per heavy atom. The van der Waals surface area contributed by atoms with Crippen molar-refractivity contribution in [2.75, 3.05) is 25.4 Å². The van der Waals surface area contributed by atoms with E-state index in [4.69, 9.17) is 5.73 Å². The summed E-state index contributed by atoms with van der Waals surface area (Å²) in [5, 5.41) is 3.53. The molecule has 3 N–H and O–H groups in total. The van der Waals surface area contributed by atoms with Gasteiger partial charge in [-0.15, -0.1) is 11.8 Å². The summed E-state index contributed by atoms with van der Waals surface area (Å²) in [6, 6.07) is 8.86. The van der Waals surface area contributed by atoms with Crippen LogP contribution < -0.4 is 11.1 Å². The van der Waals surface area contributed by atoms with E-state index in [1.807, 2.05) is 11.8 Å². The highest BCUT2D eigenvalue weighted by atomic mass is 32.2. The molecule has 3 nitrogen and oxygen atoms in total. The summed E-state index contributed by atoms with van der Waals surface area (Å²) >= 11 is 1.98. The number of likely N-dealkylation sites (tertiary alicyclic amines) is 1. The predicted molar refractivity (Wildman–Crippen MR) is 167 cm³/mol. The number of nitrogens with two attached hydrogens (primary N) is 1. The first-order valence-electron chi connectivity index (χ1n) is 14.6. The molecular weight excluding hydrogens is 470 g/mol. The second-order valence-electron chi connectivity index (χ2n) is 10.7. The Balaban J connectivity index is 1.85. The monoisotopic (exact) mass is 523 g/mol. The summed E-state index contributed by atoms with van der Waals surface area (Å²) in [7, 11) is 0. The molecule has 4 heteroatoms. The van der Waals surface area contributed by atoms with Crippen LogP contribution in [0.2, 0.25) is 0 Å². The van der Waals surface area contributed by atoms with Crippen molar-refractivity contribution in [1.29, 1.82) is 0 Å². The Hall–Kier alpha value is -1.91. The van der Waals surface area contributed by atoms with Gasteiger partial charge in [0, 0.05) is 40.8 Å². The SMILES string of the molecule is C=C(CC(CCCCCC)CSc1cccc(C(=C)NCCCCCCCN)c1)CN1C(=C)CCC1=C. The van der Waals surface area contributed by atoms with E-state index in [-0.39, 0.29) is 0 Å². The van der Waals surface area contributed by atoms with Crippen LogP contribution in [-0.4, -0.2) is 30.3 Å². The molecule has 1 aromatic carbocycles. The van der Waals surface area contributed by atoms with Crippen LogP contribution in [0.1, 0.15) is 96.0 Å². The van der Waals surface area contributed by atoms with E-state index in [0.717, 1.165) is 56.8 Å². The predicted octanol–water partition coefficient (Wildman–Crippen LogP) is 8.90. The van der Waals surface area contributed by atoms with Crippen molar-refractivity contribution in [2.24, 2.45) is 11.7 Å². The van der Waals surface area contributed by atoms with Gasteiger partial charge >= 0.3 is 0 Å². The Morgan fingerprint density at radius 3 is 2.43 bits per heavy atom. The minimum absolute atomic E-state index is 0.641. The van der Waals surface area contributed by atoms with Crippen LogP contribution >= 0.6 is 11.8 Å². The molecule has 1 aliphatic rings. The lowest BCUT2D eigenvalue weighted by Crippen LogP contribution is -2.19. The normalized spacial score (nSPS) is 14.3. The smallest absolute Gasteiger partial charge is 0.0432 e. The lowest BCUT2D eigenvalue weighted by atomic mass is 9.95. The summed E-state index contributed by atoms with van der Waals surface area (Å²) < 4.78 is 0. The van der Waals surface area contributed by atoms with Crippen molar-refractivity contribution in [3.63, 3.8) is 0 Å². The molecule has 37 heavy (non-hydrogen) atoms. The molecule has 0 bridgehead atoms. The van der Waals surface area contributed by atoms with Gasteiger partial charge < -0.3 is 16.0 Å². The first-order chi connectivity index (χ1) is 17.9. The van der Waals surface area contributed by atoms with E-state index >= 15 is 0 Å². The van der Waals surface area contributed by atoms with Gasteiger partial charge in [-0.2, -0.15) is 0 Å². The molecule has 1 atom stereocenters. The molecule has 206 valence electrons. The van der Waals surface area contributed by atoms with Gasteiger partial charge in [0.2, 0.25) is 0 Å². The number of rotatable bonds is 21. The Morgan fingerprint density at radius 1 is 1.00 bits per heavy atom. The van der Waals surface area contributed by atoms with E-state index < -0.39 is 0 Å². The minimum atomic E-state index is 0.641. The summed E-state index contributed by atoms with van der Waals surface area (Å²) in [6.45, 7) is 22.2. The minimum Gasteiger partial charge on any atom is -0.385 e. The Labute approximate surface area is 232 Å². The third kappa shape index (κ3) is 12.5. The zero-order valence-corrected chi connectivity index (χ0v) is 24.5. The number of benzene rings is 1. The zero-order chi connectivity index (χ0) is 26.9. The molecule has 1 heterocycles. The van der Waals surface area contributed by atoms with Gasteiger partial charge in [-0.1, -0.05) is 95.9 Å². The van der Waals surface area contributed by atoms with Crippen LogP contribution in [0.15, 0.2) is 72.4 Å². The maximum absolute atomic E-state index is 5.58. The quantitative estimate of drug-likeness (QED) is 0.0959. The molecule has 0 spiro atoms. The molecule has 1 fully saturated rings. The largest absolute Gasteiger partial charge is 0.385 e. The van der Waals surface area contributed by atoms with Crippen molar-refractivity contribution in [3.8, 4) is 0 Å². The maximum Gasteiger partial charge on any atom is 0.0432 e. The van der Waals surface area contributed by atoms with Crippen molar-refractivity contribution < 1.29 is 0 Å². The molecule has 0 amide bonds. The summed E-state index contributed by atoms with van der Waals surface area (Å²) in [5.41, 5.74) is 11.5. The number of unbranched alkanes of at least 4 members (excludes halogenated alkanes) is 7. The first kappa shape index (κ1) is 31.3. The number of nitrogens with one attached hydrogen (secondary N) is 1. The Kier molecular flexibility index (Phi) is 15.5. The first-order valence-corrected chi connectivity index (χ1v) is 15.6. The van der Waals surface area contributed by atoms with Gasteiger partial charge in [0.05, 0.1) is 0 Å². The van der Waals surface area contributed by atoms with Crippen LogP contribution in [0, 0.1) is 5.92 Å². The molecule has 0 aliphatic carbocycles. The molecular formula is C33H53N3S. The van der Waals surface area contributed by atoms with Crippen LogP contribution in [0.5, 0.6) is 0 Å². The molecule has 2 rings (SSSR count). The summed E-state index contributed by atoms with van der Waals surface area (Å²) in [4.78, 5) is 3.61. The topological polar surface area (TPSA) is 41.3 Å². The summed E-state index contributed by atoms with van der Waals surface area (Å²) in [5.74, 6) is 1.77. The van der Waals surface area contributed by atoms with Gasteiger partial charge in [-0.3, -0.25) is 0 Å². The highest BCUT2D eigenvalue weighted by molar-refractivity contribution is 7.99. The zero-order valence-electron chi connectivity index (χ0n) is 23.7. The molecule has 0 aromatic heterocycles. The number of hydrogen-bond acceptors (Lipinski definition) is 4. The molecule has 0 saturated carbocycles. The van der Waals surface area contributed by atoms with Crippen LogP contribution in [0.4, 0.5) is 0 Å². The summed E-state index contributed by atoms with van der Waals surface area (Å²) in [6.07, 6.45) is 15.8. The van der Waals surface area contributed by atoms with E-state index in [1.54, 1.807) is 0 Å². The van der Waals surface area contributed by atoms with Crippen LogP contribution in [0.3, 0.4) is 0 Å².